The lowest BCUT2D eigenvalue weighted by Crippen LogP contribution is -2.41. The van der Waals surface area contributed by atoms with E-state index in [1.807, 2.05) is 0 Å². The van der Waals surface area contributed by atoms with Crippen molar-refractivity contribution in [3.05, 3.63) is 0 Å². The van der Waals surface area contributed by atoms with Crippen LogP contribution in [0.4, 0.5) is 4.79 Å². The predicted octanol–water partition coefficient (Wildman–Crippen LogP) is 1.11. The van der Waals surface area contributed by atoms with E-state index in [0.717, 1.165) is 12.8 Å². The van der Waals surface area contributed by atoms with Gasteiger partial charge >= 0.3 is 6.09 Å². The maximum absolute atomic E-state index is 10.7. The number of rotatable bonds is 5. The highest BCUT2D eigenvalue weighted by atomic mass is 16.5. The molecule has 0 aliphatic carbocycles. The molecule has 4 nitrogen and oxygen atoms in total. The van der Waals surface area contributed by atoms with Gasteiger partial charge in [0.05, 0.1) is 7.11 Å². The molecule has 0 aromatic rings. The van der Waals surface area contributed by atoms with Gasteiger partial charge in [-0.15, -0.1) is 0 Å². The SMILES string of the molecule is CCC(CC)C(N)CNC(=O)OC. The number of carbonyl (C=O) groups is 1. The van der Waals surface area contributed by atoms with Gasteiger partial charge in [0.1, 0.15) is 0 Å². The Balaban J connectivity index is 3.71. The first-order chi connectivity index (χ1) is 6.15. The molecular formula is C9H20N2O2. The number of amides is 1. The summed E-state index contributed by atoms with van der Waals surface area (Å²) >= 11 is 0. The van der Waals surface area contributed by atoms with Crippen molar-refractivity contribution >= 4 is 6.09 Å². The molecule has 0 spiro atoms. The molecule has 1 amide bonds. The normalized spacial score (nSPS) is 12.7. The van der Waals surface area contributed by atoms with Crippen molar-refractivity contribution in [2.24, 2.45) is 11.7 Å². The smallest absolute Gasteiger partial charge is 0.406 e. The van der Waals surface area contributed by atoms with Crippen LogP contribution in [0.1, 0.15) is 26.7 Å². The highest BCUT2D eigenvalue weighted by molar-refractivity contribution is 5.66. The van der Waals surface area contributed by atoms with E-state index >= 15 is 0 Å². The lowest BCUT2D eigenvalue weighted by molar-refractivity contribution is 0.169. The summed E-state index contributed by atoms with van der Waals surface area (Å²) in [7, 11) is 1.35. The van der Waals surface area contributed by atoms with E-state index < -0.39 is 6.09 Å². The Morgan fingerprint density at radius 1 is 1.46 bits per heavy atom. The van der Waals surface area contributed by atoms with Gasteiger partial charge in [0.25, 0.3) is 0 Å². The summed E-state index contributed by atoms with van der Waals surface area (Å²) < 4.78 is 4.44. The Hall–Kier alpha value is -0.770. The molecule has 0 saturated carbocycles. The van der Waals surface area contributed by atoms with Crippen molar-refractivity contribution in [3.63, 3.8) is 0 Å². The first-order valence-corrected chi connectivity index (χ1v) is 4.73. The molecule has 1 unspecified atom stereocenters. The van der Waals surface area contributed by atoms with E-state index in [0.29, 0.717) is 12.5 Å². The summed E-state index contributed by atoms with van der Waals surface area (Å²) in [6, 6.07) is 0.0223. The van der Waals surface area contributed by atoms with Crippen LogP contribution in [0.25, 0.3) is 0 Å². The first kappa shape index (κ1) is 12.2. The minimum atomic E-state index is -0.415. The van der Waals surface area contributed by atoms with Crippen LogP contribution in [0.3, 0.4) is 0 Å². The molecule has 3 N–H and O–H groups in total. The van der Waals surface area contributed by atoms with Crippen molar-refractivity contribution in [2.45, 2.75) is 32.7 Å². The number of hydrogen-bond donors (Lipinski definition) is 2. The number of alkyl carbamates (subject to hydrolysis) is 1. The second-order valence-electron chi connectivity index (χ2n) is 3.11. The molecule has 1 atom stereocenters. The number of hydrogen-bond acceptors (Lipinski definition) is 3. The maximum atomic E-state index is 10.7. The van der Waals surface area contributed by atoms with Gasteiger partial charge in [-0.05, 0) is 5.92 Å². The van der Waals surface area contributed by atoms with E-state index in [-0.39, 0.29) is 6.04 Å². The Morgan fingerprint density at radius 3 is 2.38 bits per heavy atom. The molecule has 0 heterocycles. The van der Waals surface area contributed by atoms with Gasteiger partial charge < -0.3 is 15.8 Å². The lowest BCUT2D eigenvalue weighted by Gasteiger charge is -2.20. The Bertz CT molecular complexity index is 147. The van der Waals surface area contributed by atoms with Crippen LogP contribution >= 0.6 is 0 Å². The van der Waals surface area contributed by atoms with Gasteiger partial charge in [-0.2, -0.15) is 0 Å². The maximum Gasteiger partial charge on any atom is 0.406 e. The third kappa shape index (κ3) is 4.72. The molecule has 0 aromatic carbocycles. The van der Waals surface area contributed by atoms with E-state index in [1.54, 1.807) is 0 Å². The number of ether oxygens (including phenoxy) is 1. The molecule has 13 heavy (non-hydrogen) atoms. The molecule has 0 radical (unpaired) electrons. The molecule has 4 heteroatoms. The van der Waals surface area contributed by atoms with Gasteiger partial charge in [0.2, 0.25) is 0 Å². The molecule has 0 saturated heterocycles. The van der Waals surface area contributed by atoms with E-state index in [2.05, 4.69) is 23.9 Å². The van der Waals surface area contributed by atoms with Crippen molar-refractivity contribution in [1.29, 1.82) is 0 Å². The molecule has 0 fully saturated rings. The molecule has 0 aliphatic rings. The van der Waals surface area contributed by atoms with Crippen LogP contribution in [0.2, 0.25) is 0 Å². The summed E-state index contributed by atoms with van der Waals surface area (Å²) in [5.41, 5.74) is 5.87. The highest BCUT2D eigenvalue weighted by Crippen LogP contribution is 2.10. The van der Waals surface area contributed by atoms with Crippen molar-refractivity contribution in [2.75, 3.05) is 13.7 Å². The third-order valence-electron chi connectivity index (χ3n) is 2.32. The van der Waals surface area contributed by atoms with Gasteiger partial charge in [-0.3, -0.25) is 0 Å². The lowest BCUT2D eigenvalue weighted by atomic mass is 9.95. The zero-order chi connectivity index (χ0) is 10.3. The number of nitrogens with one attached hydrogen (secondary N) is 1. The monoisotopic (exact) mass is 188 g/mol. The van der Waals surface area contributed by atoms with Gasteiger partial charge in [-0.1, -0.05) is 26.7 Å². The van der Waals surface area contributed by atoms with Crippen LogP contribution in [0.5, 0.6) is 0 Å². The molecule has 78 valence electrons. The third-order valence-corrected chi connectivity index (χ3v) is 2.32. The van der Waals surface area contributed by atoms with Crippen molar-refractivity contribution in [1.82, 2.24) is 5.32 Å². The number of carbonyl (C=O) groups excluding carboxylic acids is 1. The topological polar surface area (TPSA) is 64.3 Å². The summed E-state index contributed by atoms with van der Waals surface area (Å²) in [6.45, 7) is 4.69. The van der Waals surface area contributed by atoms with Crippen LogP contribution in [-0.2, 0) is 4.74 Å². The molecule has 0 aromatic heterocycles. The second-order valence-corrected chi connectivity index (χ2v) is 3.11. The van der Waals surface area contributed by atoms with Crippen molar-refractivity contribution < 1.29 is 9.53 Å². The standard InChI is InChI=1S/C9H20N2O2/c1-4-7(5-2)8(10)6-11-9(12)13-3/h7-8H,4-6,10H2,1-3H3,(H,11,12). The van der Waals surface area contributed by atoms with Gasteiger partial charge in [0, 0.05) is 12.6 Å². The summed E-state index contributed by atoms with van der Waals surface area (Å²) in [6.07, 6.45) is 1.67. The van der Waals surface area contributed by atoms with E-state index in [1.165, 1.54) is 7.11 Å². The fourth-order valence-electron chi connectivity index (χ4n) is 1.33. The molecule has 0 rings (SSSR count). The minimum Gasteiger partial charge on any atom is -0.453 e. The molecular weight excluding hydrogens is 168 g/mol. The Labute approximate surface area is 79.8 Å². The Morgan fingerprint density at radius 2 is 2.00 bits per heavy atom. The van der Waals surface area contributed by atoms with Crippen LogP contribution in [-0.4, -0.2) is 25.8 Å². The molecule has 0 aliphatic heterocycles. The van der Waals surface area contributed by atoms with E-state index in [4.69, 9.17) is 5.73 Å². The predicted molar refractivity (Wildman–Crippen MR) is 52.5 cm³/mol. The zero-order valence-corrected chi connectivity index (χ0v) is 8.67. The summed E-state index contributed by atoms with van der Waals surface area (Å²) in [4.78, 5) is 10.7. The van der Waals surface area contributed by atoms with Gasteiger partial charge in [0.15, 0.2) is 0 Å². The first-order valence-electron chi connectivity index (χ1n) is 4.73. The fraction of sp³-hybridized carbons (Fsp3) is 0.889. The van der Waals surface area contributed by atoms with Crippen molar-refractivity contribution in [3.8, 4) is 0 Å². The average molecular weight is 188 g/mol. The largest absolute Gasteiger partial charge is 0.453 e. The average Bonchev–Trinajstić information content (AvgIpc) is 2.16. The van der Waals surface area contributed by atoms with Crippen LogP contribution in [0, 0.1) is 5.92 Å². The van der Waals surface area contributed by atoms with E-state index in [9.17, 15) is 4.79 Å². The number of methoxy groups -OCH3 is 1. The van der Waals surface area contributed by atoms with Crippen LogP contribution in [0.15, 0.2) is 0 Å². The summed E-state index contributed by atoms with van der Waals surface area (Å²) in [5.74, 6) is 0.470. The summed E-state index contributed by atoms with van der Waals surface area (Å²) in [5, 5.41) is 2.60. The number of nitrogens with two attached hydrogens (primary N) is 1. The molecule has 0 bridgehead atoms. The second kappa shape index (κ2) is 6.71. The highest BCUT2D eigenvalue weighted by Gasteiger charge is 2.14. The van der Waals surface area contributed by atoms with Gasteiger partial charge in [-0.25, -0.2) is 4.79 Å². The Kier molecular flexibility index (Phi) is 6.32. The van der Waals surface area contributed by atoms with Crippen LogP contribution < -0.4 is 11.1 Å². The zero-order valence-electron chi connectivity index (χ0n) is 8.67. The quantitative estimate of drug-likeness (QED) is 0.679. The fourth-order valence-corrected chi connectivity index (χ4v) is 1.33. The minimum absolute atomic E-state index is 0.0223.